The van der Waals surface area contributed by atoms with E-state index in [2.05, 4.69) is 43.3 Å². The van der Waals surface area contributed by atoms with Gasteiger partial charge in [0.2, 0.25) is 15.9 Å². The number of nitrogens with zero attached hydrogens (tertiary/aromatic N) is 1. The van der Waals surface area contributed by atoms with E-state index < -0.39 is 16.1 Å². The number of halogens is 1. The number of nitrogens with one attached hydrogen (secondary N) is 2. The van der Waals surface area contributed by atoms with Crippen LogP contribution in [-0.4, -0.2) is 32.1 Å². The van der Waals surface area contributed by atoms with Gasteiger partial charge < -0.3 is 9.84 Å². The number of rotatable bonds is 7. The minimum Gasteiger partial charge on any atom is -0.360 e. The molecule has 0 saturated heterocycles. The second-order valence-electron chi connectivity index (χ2n) is 7.36. The lowest BCUT2D eigenvalue weighted by atomic mass is 9.64. The number of hydrogen-bond donors (Lipinski definition) is 2. The summed E-state index contributed by atoms with van der Waals surface area (Å²) in [5, 5.41) is 6.58. The van der Waals surface area contributed by atoms with Gasteiger partial charge in [-0.3, -0.25) is 4.79 Å². The Hall–Kier alpha value is -1.71. The third-order valence-corrected chi connectivity index (χ3v) is 7.59. The van der Waals surface area contributed by atoms with Gasteiger partial charge in [0, 0.05) is 16.4 Å². The van der Waals surface area contributed by atoms with Crippen molar-refractivity contribution in [2.75, 3.05) is 6.54 Å². The summed E-state index contributed by atoms with van der Waals surface area (Å²) < 4.78 is 33.5. The van der Waals surface area contributed by atoms with E-state index in [1.54, 1.807) is 6.92 Å². The molecule has 1 aromatic heterocycles. The number of aryl methyl sites for hydroxylation is 2. The number of sulfonamides is 1. The Morgan fingerprint density at radius 1 is 1.36 bits per heavy atom. The van der Waals surface area contributed by atoms with E-state index in [0.717, 1.165) is 23.7 Å². The normalized spacial score (nSPS) is 17.0. The molecule has 2 N–H and O–H groups in total. The monoisotopic (exact) mass is 469 g/mol. The molecule has 0 aliphatic heterocycles. The number of carbonyl (C=O) groups excluding carboxylic acids is 1. The molecule has 1 aliphatic carbocycles. The van der Waals surface area contributed by atoms with E-state index in [4.69, 9.17) is 4.52 Å². The Morgan fingerprint density at radius 3 is 2.61 bits per heavy atom. The van der Waals surface area contributed by atoms with Gasteiger partial charge in [-0.1, -0.05) is 39.6 Å². The molecule has 0 spiro atoms. The second-order valence-corrected chi connectivity index (χ2v) is 9.92. The van der Waals surface area contributed by atoms with Crippen molar-refractivity contribution < 1.29 is 17.7 Å². The molecule has 0 bridgehead atoms. The summed E-state index contributed by atoms with van der Waals surface area (Å²) in [6.07, 6.45) is 3.09. The van der Waals surface area contributed by atoms with E-state index in [1.807, 2.05) is 12.1 Å². The first kappa shape index (κ1) is 21.0. The van der Waals surface area contributed by atoms with Crippen LogP contribution in [-0.2, 0) is 20.2 Å². The zero-order chi connectivity index (χ0) is 20.5. The van der Waals surface area contributed by atoms with E-state index in [9.17, 15) is 13.2 Å². The minimum atomic E-state index is -3.90. The lowest BCUT2D eigenvalue weighted by molar-refractivity contribution is -0.122. The molecule has 1 aliphatic rings. The molecule has 28 heavy (non-hydrogen) atoms. The molecule has 7 nitrogen and oxygen atoms in total. The molecule has 3 rings (SSSR count). The van der Waals surface area contributed by atoms with Crippen molar-refractivity contribution in [2.45, 2.75) is 56.4 Å². The molecule has 1 fully saturated rings. The Kier molecular flexibility index (Phi) is 5.97. The second kappa shape index (κ2) is 7.96. The van der Waals surface area contributed by atoms with Crippen molar-refractivity contribution in [3.05, 3.63) is 45.8 Å². The fourth-order valence-electron chi connectivity index (χ4n) is 3.60. The smallest absolute Gasteiger partial charge is 0.246 e. The third kappa shape index (κ3) is 4.16. The molecule has 152 valence electrons. The van der Waals surface area contributed by atoms with E-state index in [0.29, 0.717) is 6.54 Å². The van der Waals surface area contributed by atoms with Gasteiger partial charge in [-0.15, -0.1) is 0 Å². The Labute approximate surface area is 173 Å². The summed E-state index contributed by atoms with van der Waals surface area (Å²) in [7, 11) is -3.90. The summed E-state index contributed by atoms with van der Waals surface area (Å²) in [6.45, 7) is 5.07. The van der Waals surface area contributed by atoms with Gasteiger partial charge in [0.05, 0.1) is 6.04 Å². The third-order valence-electron chi connectivity index (χ3n) is 5.31. The van der Waals surface area contributed by atoms with Crippen LogP contribution in [0.15, 0.2) is 38.2 Å². The van der Waals surface area contributed by atoms with Crippen molar-refractivity contribution >= 4 is 31.9 Å². The molecule has 1 atom stereocenters. The maximum absolute atomic E-state index is 12.6. The fourth-order valence-corrected chi connectivity index (χ4v) is 5.53. The minimum absolute atomic E-state index is 0.0169. The molecule has 2 aromatic rings. The lowest BCUT2D eigenvalue weighted by Crippen LogP contribution is -2.51. The molecule has 9 heteroatoms. The zero-order valence-electron chi connectivity index (χ0n) is 16.1. The van der Waals surface area contributed by atoms with Crippen molar-refractivity contribution in [3.63, 3.8) is 0 Å². The van der Waals surface area contributed by atoms with Gasteiger partial charge in [0.25, 0.3) is 0 Å². The SMILES string of the molecule is Cc1noc(C)c1S(=O)(=O)N[C@@H](C)C(=O)NCC1(c2cccc(Br)c2)CCC1. The lowest BCUT2D eigenvalue weighted by Gasteiger charge is -2.43. The van der Waals surface area contributed by atoms with Gasteiger partial charge >= 0.3 is 0 Å². The molecular weight excluding hydrogens is 446 g/mol. The number of carbonyl (C=O) groups is 1. The van der Waals surface area contributed by atoms with Crippen LogP contribution in [0.25, 0.3) is 0 Å². The first-order chi connectivity index (χ1) is 13.1. The van der Waals surface area contributed by atoms with Crippen molar-refractivity contribution in [2.24, 2.45) is 0 Å². The average Bonchev–Trinajstić information content (AvgIpc) is 2.92. The zero-order valence-corrected chi connectivity index (χ0v) is 18.5. The van der Waals surface area contributed by atoms with Crippen LogP contribution in [0.3, 0.4) is 0 Å². The predicted molar refractivity (Wildman–Crippen MR) is 108 cm³/mol. The van der Waals surface area contributed by atoms with Crippen LogP contribution in [0.4, 0.5) is 0 Å². The highest BCUT2D eigenvalue weighted by atomic mass is 79.9. The van der Waals surface area contributed by atoms with Crippen LogP contribution >= 0.6 is 15.9 Å². The van der Waals surface area contributed by atoms with Gasteiger partial charge in [-0.05, 0) is 51.3 Å². The highest BCUT2D eigenvalue weighted by Gasteiger charge is 2.39. The molecule has 1 amide bonds. The quantitative estimate of drug-likeness (QED) is 0.648. The van der Waals surface area contributed by atoms with Gasteiger partial charge in [0.1, 0.15) is 10.6 Å². The highest BCUT2D eigenvalue weighted by Crippen LogP contribution is 2.43. The van der Waals surface area contributed by atoms with E-state index in [1.165, 1.54) is 19.4 Å². The molecule has 1 heterocycles. The summed E-state index contributed by atoms with van der Waals surface area (Å²) in [5.41, 5.74) is 1.35. The number of amides is 1. The standard InChI is InChI=1S/C19H24BrN3O4S/c1-12-17(14(3)27-22-12)28(25,26)23-13(2)18(24)21-11-19(8-5-9-19)15-6-4-7-16(20)10-15/h4,6-7,10,13,23H,5,8-9,11H2,1-3H3,(H,21,24)/t13-/m0/s1. The number of hydrogen-bond acceptors (Lipinski definition) is 5. The summed E-state index contributed by atoms with van der Waals surface area (Å²) in [5.74, 6) is -0.169. The first-order valence-corrected chi connectivity index (χ1v) is 11.4. The molecule has 1 saturated carbocycles. The fraction of sp³-hybridized carbons (Fsp3) is 0.474. The molecular formula is C19H24BrN3O4S. The average molecular weight is 470 g/mol. The van der Waals surface area contributed by atoms with Crippen molar-refractivity contribution in [1.82, 2.24) is 15.2 Å². The summed E-state index contributed by atoms with van der Waals surface area (Å²) in [4.78, 5) is 12.5. The van der Waals surface area contributed by atoms with E-state index in [-0.39, 0.29) is 27.7 Å². The highest BCUT2D eigenvalue weighted by molar-refractivity contribution is 9.10. The maximum Gasteiger partial charge on any atom is 0.246 e. The summed E-state index contributed by atoms with van der Waals surface area (Å²) in [6, 6.07) is 7.19. The van der Waals surface area contributed by atoms with Crippen LogP contribution < -0.4 is 10.0 Å². The van der Waals surface area contributed by atoms with Crippen LogP contribution in [0.2, 0.25) is 0 Å². The van der Waals surface area contributed by atoms with Gasteiger partial charge in [-0.2, -0.15) is 4.72 Å². The predicted octanol–water partition coefficient (Wildman–Crippen LogP) is 2.96. The summed E-state index contributed by atoms with van der Waals surface area (Å²) >= 11 is 3.50. The maximum atomic E-state index is 12.6. The Balaban J connectivity index is 1.66. The van der Waals surface area contributed by atoms with Crippen LogP contribution in [0.1, 0.15) is 43.2 Å². The van der Waals surface area contributed by atoms with Crippen molar-refractivity contribution in [1.29, 1.82) is 0 Å². The molecule has 0 unspecified atom stereocenters. The number of aromatic nitrogens is 1. The number of benzene rings is 1. The largest absolute Gasteiger partial charge is 0.360 e. The van der Waals surface area contributed by atoms with Crippen LogP contribution in [0, 0.1) is 13.8 Å². The Morgan fingerprint density at radius 2 is 2.07 bits per heavy atom. The van der Waals surface area contributed by atoms with Crippen LogP contribution in [0.5, 0.6) is 0 Å². The first-order valence-electron chi connectivity index (χ1n) is 9.14. The van der Waals surface area contributed by atoms with Gasteiger partial charge in [0.15, 0.2) is 5.76 Å². The van der Waals surface area contributed by atoms with Gasteiger partial charge in [-0.25, -0.2) is 8.42 Å². The van der Waals surface area contributed by atoms with E-state index >= 15 is 0 Å². The Bertz CT molecular complexity index is 963. The topological polar surface area (TPSA) is 101 Å². The molecule has 1 aromatic carbocycles. The van der Waals surface area contributed by atoms with Crippen molar-refractivity contribution in [3.8, 4) is 0 Å². The molecule has 0 radical (unpaired) electrons.